The second kappa shape index (κ2) is 9.40. The van der Waals surface area contributed by atoms with Crippen molar-refractivity contribution >= 4 is 23.4 Å². The number of anilines is 1. The molecule has 5 rings (SSSR count). The number of likely N-dealkylation sites (tertiary alicyclic amines) is 1. The Hall–Kier alpha value is -2.97. The predicted octanol–water partition coefficient (Wildman–Crippen LogP) is 2.53. The summed E-state index contributed by atoms with van der Waals surface area (Å²) in [5.74, 6) is -2.43. The summed E-state index contributed by atoms with van der Waals surface area (Å²) in [4.78, 5) is 47.7. The van der Waals surface area contributed by atoms with Gasteiger partial charge in [0.25, 0.3) is 0 Å². The number of ether oxygens (including phenoxy) is 1. The highest BCUT2D eigenvalue weighted by Gasteiger charge is 2.75. The van der Waals surface area contributed by atoms with Crippen molar-refractivity contribution in [2.24, 2.45) is 11.8 Å². The maximum absolute atomic E-state index is 14.2. The third-order valence-corrected chi connectivity index (χ3v) is 8.57. The van der Waals surface area contributed by atoms with Crippen LogP contribution in [0.25, 0.3) is 0 Å². The Bertz CT molecular complexity index is 1140. The number of carbonyl (C=O) groups is 3. The molecule has 0 radical (unpaired) electrons. The third kappa shape index (κ3) is 3.76. The van der Waals surface area contributed by atoms with Gasteiger partial charge in [0.05, 0.1) is 30.1 Å². The Balaban J connectivity index is 1.64. The highest BCUT2D eigenvalue weighted by atomic mass is 16.5. The van der Waals surface area contributed by atoms with Gasteiger partial charge in [0.15, 0.2) is 0 Å². The van der Waals surface area contributed by atoms with Crippen LogP contribution in [0.3, 0.4) is 0 Å². The molecule has 4 heterocycles. The van der Waals surface area contributed by atoms with E-state index in [4.69, 9.17) is 4.74 Å². The highest BCUT2D eigenvalue weighted by molar-refractivity contribution is 6.04. The number of nitrogens with zero attached hydrogens (tertiary/aromatic N) is 3. The zero-order chi connectivity index (χ0) is 26.5. The lowest BCUT2D eigenvalue weighted by molar-refractivity contribution is -0.155. The fourth-order valence-corrected chi connectivity index (χ4v) is 6.85. The number of fused-ring (bicyclic) bond motifs is 2. The van der Waals surface area contributed by atoms with E-state index in [1.165, 1.54) is 4.90 Å². The molecule has 0 bridgehead atoms. The van der Waals surface area contributed by atoms with Crippen LogP contribution in [-0.4, -0.2) is 81.7 Å². The van der Waals surface area contributed by atoms with Gasteiger partial charge >= 0.3 is 0 Å². The lowest BCUT2D eigenvalue weighted by atomic mass is 9.74. The average molecular weight is 508 g/mol. The van der Waals surface area contributed by atoms with Crippen molar-refractivity contribution in [1.29, 1.82) is 0 Å². The summed E-state index contributed by atoms with van der Waals surface area (Å²) in [5.41, 5.74) is -1.63. The number of amides is 3. The maximum atomic E-state index is 14.2. The average Bonchev–Trinajstić information content (AvgIpc) is 3.16. The van der Waals surface area contributed by atoms with Crippen molar-refractivity contribution in [2.75, 3.05) is 24.6 Å². The van der Waals surface area contributed by atoms with Crippen molar-refractivity contribution in [3.63, 3.8) is 0 Å². The molecule has 37 heavy (non-hydrogen) atoms. The monoisotopic (exact) mass is 507 g/mol. The van der Waals surface area contributed by atoms with E-state index in [9.17, 15) is 19.5 Å². The Morgan fingerprint density at radius 1 is 0.973 bits per heavy atom. The van der Waals surface area contributed by atoms with Crippen molar-refractivity contribution in [3.8, 4) is 0 Å². The summed E-state index contributed by atoms with van der Waals surface area (Å²) < 4.78 is 6.82. The predicted molar refractivity (Wildman–Crippen MR) is 140 cm³/mol. The van der Waals surface area contributed by atoms with Crippen molar-refractivity contribution in [2.45, 2.75) is 69.9 Å². The van der Waals surface area contributed by atoms with E-state index in [0.717, 1.165) is 18.5 Å². The second-order valence-corrected chi connectivity index (χ2v) is 11.0. The number of hydrogen-bond donors (Lipinski definition) is 1. The Labute approximate surface area is 218 Å². The Morgan fingerprint density at radius 2 is 1.68 bits per heavy atom. The van der Waals surface area contributed by atoms with Gasteiger partial charge in [-0.25, -0.2) is 0 Å². The molecule has 0 aliphatic carbocycles. The number of aliphatic hydroxyl groups excluding tert-OH is 1. The summed E-state index contributed by atoms with van der Waals surface area (Å²) in [6, 6.07) is 7.83. The van der Waals surface area contributed by atoms with E-state index >= 15 is 0 Å². The topological polar surface area (TPSA) is 90.4 Å². The molecule has 1 aromatic rings. The zero-order valence-corrected chi connectivity index (χ0v) is 22.0. The maximum Gasteiger partial charge on any atom is 0.249 e. The van der Waals surface area contributed by atoms with E-state index in [2.05, 4.69) is 6.92 Å². The molecule has 8 nitrogen and oxygen atoms in total. The Morgan fingerprint density at radius 3 is 2.35 bits per heavy atom. The normalized spacial score (nSPS) is 34.7. The largest absolute Gasteiger partial charge is 0.394 e. The highest BCUT2D eigenvalue weighted by Crippen LogP contribution is 2.58. The van der Waals surface area contributed by atoms with Crippen LogP contribution in [0.2, 0.25) is 0 Å². The molecule has 0 aromatic heterocycles. The van der Waals surface area contributed by atoms with Gasteiger partial charge in [0.2, 0.25) is 17.7 Å². The molecule has 1 aromatic carbocycles. The summed E-state index contributed by atoms with van der Waals surface area (Å²) in [6.07, 6.45) is 9.32. The second-order valence-electron chi connectivity index (χ2n) is 11.0. The van der Waals surface area contributed by atoms with Crippen molar-refractivity contribution in [3.05, 3.63) is 54.6 Å². The molecule has 4 aliphatic heterocycles. The van der Waals surface area contributed by atoms with Crippen molar-refractivity contribution < 1.29 is 24.2 Å². The number of para-hydroxylation sites is 1. The molecular formula is C29H37N3O5. The van der Waals surface area contributed by atoms with Gasteiger partial charge in [-0.3, -0.25) is 14.4 Å². The van der Waals surface area contributed by atoms with Gasteiger partial charge in [-0.1, -0.05) is 55.8 Å². The van der Waals surface area contributed by atoms with Gasteiger partial charge < -0.3 is 24.5 Å². The zero-order valence-electron chi connectivity index (χ0n) is 22.0. The fourth-order valence-electron chi connectivity index (χ4n) is 6.85. The first-order valence-electron chi connectivity index (χ1n) is 13.4. The molecule has 1 spiro atoms. The smallest absolute Gasteiger partial charge is 0.249 e. The SMILES string of the molecule is CCCC(C)N1CC=C[C@]23O[C@@]4(C)C=CCN(c5ccccc5)C(=O)[C@H]4[C@H]2C(=O)N([C@H](C)CO)C3C1=O. The van der Waals surface area contributed by atoms with Gasteiger partial charge in [0.1, 0.15) is 11.6 Å². The van der Waals surface area contributed by atoms with E-state index in [-0.39, 0.29) is 30.4 Å². The van der Waals surface area contributed by atoms with E-state index in [0.29, 0.717) is 13.1 Å². The minimum absolute atomic E-state index is 0.0182. The van der Waals surface area contributed by atoms with Crippen LogP contribution >= 0.6 is 0 Å². The van der Waals surface area contributed by atoms with Gasteiger partial charge in [-0.15, -0.1) is 0 Å². The quantitative estimate of drug-likeness (QED) is 0.598. The molecule has 2 unspecified atom stereocenters. The molecular weight excluding hydrogens is 470 g/mol. The first kappa shape index (κ1) is 25.7. The number of rotatable bonds is 6. The van der Waals surface area contributed by atoms with E-state index < -0.39 is 35.1 Å². The van der Waals surface area contributed by atoms with Crippen LogP contribution in [0, 0.1) is 11.8 Å². The van der Waals surface area contributed by atoms with Crippen LogP contribution in [0.5, 0.6) is 0 Å². The molecule has 3 amide bonds. The molecule has 198 valence electrons. The lowest BCUT2D eigenvalue weighted by Crippen LogP contribution is -2.59. The molecule has 8 heteroatoms. The number of aliphatic hydroxyl groups is 1. The van der Waals surface area contributed by atoms with Crippen LogP contribution in [0.15, 0.2) is 54.6 Å². The minimum atomic E-state index is -1.31. The molecule has 2 fully saturated rings. The van der Waals surface area contributed by atoms with Gasteiger partial charge in [-0.05, 0) is 39.3 Å². The van der Waals surface area contributed by atoms with E-state index in [1.807, 2.05) is 68.5 Å². The van der Waals surface area contributed by atoms with E-state index in [1.54, 1.807) is 16.7 Å². The van der Waals surface area contributed by atoms with Crippen LogP contribution in [-0.2, 0) is 19.1 Å². The first-order valence-corrected chi connectivity index (χ1v) is 13.4. The first-order chi connectivity index (χ1) is 17.7. The minimum Gasteiger partial charge on any atom is -0.394 e. The van der Waals surface area contributed by atoms with Crippen LogP contribution in [0.4, 0.5) is 5.69 Å². The summed E-state index contributed by atoms with van der Waals surface area (Å²) in [6.45, 7) is 8.16. The molecule has 1 N–H and O–H groups in total. The van der Waals surface area contributed by atoms with Crippen molar-refractivity contribution in [1.82, 2.24) is 9.80 Å². The molecule has 7 atom stereocenters. The number of carbonyl (C=O) groups excluding carboxylic acids is 3. The lowest BCUT2D eigenvalue weighted by Gasteiger charge is -2.40. The number of benzene rings is 1. The third-order valence-electron chi connectivity index (χ3n) is 8.57. The van der Waals surface area contributed by atoms with Crippen LogP contribution < -0.4 is 4.90 Å². The summed E-state index contributed by atoms with van der Waals surface area (Å²) in [5, 5.41) is 10.1. The van der Waals surface area contributed by atoms with Gasteiger partial charge in [-0.2, -0.15) is 0 Å². The molecule has 2 saturated heterocycles. The molecule has 4 aliphatic rings. The van der Waals surface area contributed by atoms with Crippen LogP contribution in [0.1, 0.15) is 40.5 Å². The summed E-state index contributed by atoms with van der Waals surface area (Å²) in [7, 11) is 0. The number of hydrogen-bond acceptors (Lipinski definition) is 5. The summed E-state index contributed by atoms with van der Waals surface area (Å²) >= 11 is 0. The van der Waals surface area contributed by atoms with Gasteiger partial charge in [0, 0.05) is 24.8 Å². The standard InChI is InChI=1S/C29H37N3O5/c1-5-11-19(2)30-16-10-15-29-23(26(35)32(20(3)18-33)24(29)27(30)36)22-25(34)31(21-12-7-6-8-13-21)17-9-14-28(22,4)37-29/h6-10,12-15,19-20,22-24,33H,5,11,16-18H2,1-4H3/t19?,20-,22-,23+,24?,28+,29+/m1/s1. The Kier molecular flexibility index (Phi) is 6.52. The fraction of sp³-hybridized carbons (Fsp3) is 0.552. The molecule has 0 saturated carbocycles.